The van der Waals surface area contributed by atoms with Crippen LogP contribution in [0.15, 0.2) is 24.3 Å². The Bertz CT molecular complexity index is 685. The Balaban J connectivity index is 1.69. The summed E-state index contributed by atoms with van der Waals surface area (Å²) in [7, 11) is 1.57. The van der Waals surface area contributed by atoms with E-state index in [0.29, 0.717) is 29.4 Å². The molecule has 7 nitrogen and oxygen atoms in total. The maximum atomic E-state index is 12.6. The number of carbonyl (C=O) groups excluding carboxylic acids is 2. The van der Waals surface area contributed by atoms with Gasteiger partial charge in [-0.3, -0.25) is 9.59 Å². The molecule has 0 aliphatic carbocycles. The molecule has 3 rings (SSSR count). The Labute approximate surface area is 149 Å². The van der Waals surface area contributed by atoms with Crippen molar-refractivity contribution in [2.75, 3.05) is 30.1 Å². The third-order valence-corrected chi connectivity index (χ3v) is 5.86. The maximum Gasteiger partial charge on any atom is 0.330 e. The smallest absolute Gasteiger partial charge is 0.330 e. The van der Waals surface area contributed by atoms with Crippen LogP contribution in [0.4, 0.5) is 5.69 Å². The zero-order chi connectivity index (χ0) is 18.0. The highest BCUT2D eigenvalue weighted by atomic mass is 32.2. The van der Waals surface area contributed by atoms with Crippen molar-refractivity contribution in [1.82, 2.24) is 5.32 Å². The van der Waals surface area contributed by atoms with Gasteiger partial charge in [0.25, 0.3) is 0 Å². The van der Waals surface area contributed by atoms with Crippen LogP contribution in [0.25, 0.3) is 0 Å². The summed E-state index contributed by atoms with van der Waals surface area (Å²) >= 11 is 1.51. The second kappa shape index (κ2) is 6.95. The van der Waals surface area contributed by atoms with Crippen LogP contribution in [0.3, 0.4) is 0 Å². The molecule has 2 unspecified atom stereocenters. The average molecular weight is 364 g/mol. The Morgan fingerprint density at radius 2 is 2.08 bits per heavy atom. The van der Waals surface area contributed by atoms with Crippen molar-refractivity contribution < 1.29 is 24.2 Å². The minimum absolute atomic E-state index is 0.0840. The second-order valence-corrected chi connectivity index (χ2v) is 7.39. The second-order valence-electron chi connectivity index (χ2n) is 6.28. The van der Waals surface area contributed by atoms with E-state index in [4.69, 9.17) is 4.74 Å². The molecule has 25 heavy (non-hydrogen) atoms. The normalized spacial score (nSPS) is 25.9. The summed E-state index contributed by atoms with van der Waals surface area (Å²) in [5, 5.41) is 12.2. The Morgan fingerprint density at radius 1 is 1.36 bits per heavy atom. The van der Waals surface area contributed by atoms with Gasteiger partial charge in [0.1, 0.15) is 11.3 Å². The van der Waals surface area contributed by atoms with Crippen LogP contribution >= 0.6 is 11.8 Å². The molecule has 0 bridgehead atoms. The molecular weight excluding hydrogens is 344 g/mol. The van der Waals surface area contributed by atoms with Crippen LogP contribution in [0.2, 0.25) is 0 Å². The minimum atomic E-state index is -1.21. The van der Waals surface area contributed by atoms with Gasteiger partial charge in [0.2, 0.25) is 11.8 Å². The number of thioether (sulfide) groups is 1. The van der Waals surface area contributed by atoms with Gasteiger partial charge in [-0.25, -0.2) is 4.79 Å². The largest absolute Gasteiger partial charge is 0.497 e. The number of nitrogens with one attached hydrogen (secondary N) is 1. The standard InChI is InChI=1S/C17H20N2O5S/c1-24-13-4-2-12(3-5-13)19-9-11(8-14(19)20)15(21)18-17(16(22)23)6-7-25-10-17/h2-5,11H,6-10H2,1H3,(H,18,21)(H,22,23). The van der Waals surface area contributed by atoms with Crippen LogP contribution in [-0.4, -0.2) is 53.6 Å². The highest BCUT2D eigenvalue weighted by molar-refractivity contribution is 7.99. The summed E-state index contributed by atoms with van der Waals surface area (Å²) in [5.41, 5.74) is -0.510. The van der Waals surface area contributed by atoms with E-state index in [1.165, 1.54) is 11.8 Å². The summed E-state index contributed by atoms with van der Waals surface area (Å²) in [4.78, 5) is 38.0. The first-order chi connectivity index (χ1) is 11.9. The topological polar surface area (TPSA) is 95.9 Å². The van der Waals surface area contributed by atoms with Crippen LogP contribution < -0.4 is 15.0 Å². The number of carbonyl (C=O) groups is 3. The van der Waals surface area contributed by atoms with Crippen LogP contribution in [0.1, 0.15) is 12.8 Å². The third kappa shape index (κ3) is 3.44. The van der Waals surface area contributed by atoms with E-state index >= 15 is 0 Å². The van der Waals surface area contributed by atoms with Gasteiger partial charge in [-0.1, -0.05) is 0 Å². The molecule has 2 N–H and O–H groups in total. The zero-order valence-corrected chi connectivity index (χ0v) is 14.7. The first kappa shape index (κ1) is 17.6. The predicted molar refractivity (Wildman–Crippen MR) is 93.9 cm³/mol. The molecule has 2 fully saturated rings. The number of anilines is 1. The molecule has 0 radical (unpaired) electrons. The highest BCUT2D eigenvalue weighted by Gasteiger charge is 2.45. The lowest BCUT2D eigenvalue weighted by Crippen LogP contribution is -2.56. The van der Waals surface area contributed by atoms with Crippen molar-refractivity contribution in [1.29, 1.82) is 0 Å². The number of methoxy groups -OCH3 is 1. The number of carboxylic acid groups (broad SMARTS) is 1. The number of hydrogen-bond acceptors (Lipinski definition) is 5. The predicted octanol–water partition coefficient (Wildman–Crippen LogP) is 1.12. The highest BCUT2D eigenvalue weighted by Crippen LogP contribution is 2.31. The quantitative estimate of drug-likeness (QED) is 0.813. The van der Waals surface area contributed by atoms with Crippen molar-refractivity contribution in [3.63, 3.8) is 0 Å². The zero-order valence-electron chi connectivity index (χ0n) is 13.9. The van der Waals surface area contributed by atoms with E-state index in [9.17, 15) is 19.5 Å². The number of hydrogen-bond donors (Lipinski definition) is 2. The van der Waals surface area contributed by atoms with Crippen molar-refractivity contribution in [2.24, 2.45) is 5.92 Å². The lowest BCUT2D eigenvalue weighted by atomic mass is 9.97. The number of carboxylic acids is 1. The number of ether oxygens (including phenoxy) is 1. The fourth-order valence-electron chi connectivity index (χ4n) is 3.12. The van der Waals surface area contributed by atoms with E-state index in [0.717, 1.165) is 0 Å². The first-order valence-corrected chi connectivity index (χ1v) is 9.18. The van der Waals surface area contributed by atoms with Gasteiger partial charge in [-0.05, 0) is 36.4 Å². The monoisotopic (exact) mass is 364 g/mol. The van der Waals surface area contributed by atoms with Crippen molar-refractivity contribution in [3.05, 3.63) is 24.3 Å². The van der Waals surface area contributed by atoms with Crippen LogP contribution in [0, 0.1) is 5.92 Å². The fourth-order valence-corrected chi connectivity index (χ4v) is 4.44. The number of benzene rings is 1. The fraction of sp³-hybridized carbons (Fsp3) is 0.471. The van der Waals surface area contributed by atoms with Crippen molar-refractivity contribution in [3.8, 4) is 5.75 Å². The molecule has 0 saturated carbocycles. The molecule has 2 atom stereocenters. The van der Waals surface area contributed by atoms with E-state index in [1.54, 1.807) is 36.3 Å². The number of nitrogens with zero attached hydrogens (tertiary/aromatic N) is 1. The van der Waals surface area contributed by atoms with Gasteiger partial charge in [0, 0.05) is 24.4 Å². The molecule has 2 aliphatic heterocycles. The van der Waals surface area contributed by atoms with Gasteiger partial charge in [0.15, 0.2) is 0 Å². The van der Waals surface area contributed by atoms with E-state index in [2.05, 4.69) is 5.32 Å². The van der Waals surface area contributed by atoms with Gasteiger partial charge in [-0.15, -0.1) is 0 Å². The molecular formula is C17H20N2O5S. The summed E-state index contributed by atoms with van der Waals surface area (Å²) in [6.45, 7) is 0.250. The Morgan fingerprint density at radius 3 is 2.64 bits per heavy atom. The number of rotatable bonds is 5. The van der Waals surface area contributed by atoms with Crippen LogP contribution in [-0.2, 0) is 14.4 Å². The molecule has 2 aliphatic rings. The maximum absolute atomic E-state index is 12.6. The minimum Gasteiger partial charge on any atom is -0.497 e. The van der Waals surface area contributed by atoms with Crippen LogP contribution in [0.5, 0.6) is 5.75 Å². The number of aliphatic carboxylic acids is 1. The van der Waals surface area contributed by atoms with Gasteiger partial charge >= 0.3 is 5.97 Å². The summed E-state index contributed by atoms with van der Waals surface area (Å²) in [6, 6.07) is 7.04. The summed E-state index contributed by atoms with van der Waals surface area (Å²) < 4.78 is 5.10. The van der Waals surface area contributed by atoms with E-state index < -0.39 is 17.4 Å². The third-order valence-electron chi connectivity index (χ3n) is 4.67. The lowest BCUT2D eigenvalue weighted by Gasteiger charge is -2.26. The molecule has 1 aromatic carbocycles. The molecule has 1 aromatic rings. The molecule has 134 valence electrons. The molecule has 0 aromatic heterocycles. The Kier molecular flexibility index (Phi) is 4.89. The molecule has 2 amide bonds. The van der Waals surface area contributed by atoms with Crippen molar-refractivity contribution in [2.45, 2.75) is 18.4 Å². The molecule has 2 heterocycles. The number of amides is 2. The van der Waals surface area contributed by atoms with E-state index in [1.807, 2.05) is 0 Å². The summed E-state index contributed by atoms with van der Waals surface area (Å²) in [5.74, 6) is -0.319. The Hall–Kier alpha value is -2.22. The SMILES string of the molecule is COc1ccc(N2CC(C(=O)NC3(C(=O)O)CCSC3)CC2=O)cc1. The van der Waals surface area contributed by atoms with E-state index in [-0.39, 0.29) is 24.8 Å². The van der Waals surface area contributed by atoms with Crippen molar-refractivity contribution >= 4 is 35.2 Å². The summed E-state index contributed by atoms with van der Waals surface area (Å²) in [6.07, 6.45) is 0.488. The average Bonchev–Trinajstić information content (AvgIpc) is 3.22. The first-order valence-electron chi connectivity index (χ1n) is 8.03. The molecule has 2 saturated heterocycles. The lowest BCUT2D eigenvalue weighted by molar-refractivity contribution is -0.147. The van der Waals surface area contributed by atoms with Gasteiger partial charge < -0.3 is 20.1 Å². The van der Waals surface area contributed by atoms with Gasteiger partial charge in [-0.2, -0.15) is 11.8 Å². The molecule has 8 heteroatoms. The van der Waals surface area contributed by atoms with Gasteiger partial charge in [0.05, 0.1) is 13.0 Å². The molecule has 0 spiro atoms.